The van der Waals surface area contributed by atoms with E-state index in [4.69, 9.17) is 13.7 Å². The zero-order chi connectivity index (χ0) is 16.9. The van der Waals surface area contributed by atoms with Crippen molar-refractivity contribution in [2.45, 2.75) is 11.5 Å². The molecule has 122 valence electrons. The monoisotopic (exact) mass is 334 g/mol. The molecule has 6 heteroatoms. The molecule has 0 saturated heterocycles. The van der Waals surface area contributed by atoms with Gasteiger partial charge in [-0.25, -0.2) is 0 Å². The first kappa shape index (κ1) is 17.1. The highest BCUT2D eigenvalue weighted by atomic mass is 32.2. The molecule has 0 spiro atoms. The number of hydrogen-bond donors (Lipinski definition) is 0. The second-order valence-corrected chi connectivity index (χ2v) is 6.33. The van der Waals surface area contributed by atoms with Crippen molar-refractivity contribution >= 4 is 16.2 Å². The van der Waals surface area contributed by atoms with Crippen LogP contribution in [0.1, 0.15) is 11.1 Å². The van der Waals surface area contributed by atoms with Crippen LogP contribution in [-0.4, -0.2) is 22.6 Å². The molecule has 2 aromatic carbocycles. The van der Waals surface area contributed by atoms with Crippen molar-refractivity contribution in [1.82, 2.24) is 0 Å². The van der Waals surface area contributed by atoms with Crippen LogP contribution in [0.4, 0.5) is 0 Å². The normalized spacial score (nSPS) is 11.0. The van der Waals surface area contributed by atoms with E-state index in [1.807, 2.05) is 0 Å². The van der Waals surface area contributed by atoms with E-state index in [1.54, 1.807) is 36.4 Å². The van der Waals surface area contributed by atoms with Gasteiger partial charge in [0.25, 0.3) is 10.1 Å². The Morgan fingerprint density at radius 2 is 1.57 bits per heavy atom. The Bertz CT molecular complexity index is 757. The molecule has 0 aromatic heterocycles. The van der Waals surface area contributed by atoms with Gasteiger partial charge in [-0.15, -0.1) is 0 Å². The van der Waals surface area contributed by atoms with Gasteiger partial charge >= 0.3 is 0 Å². The smallest absolute Gasteiger partial charge is 0.297 e. The zero-order valence-corrected chi connectivity index (χ0v) is 13.8. The summed E-state index contributed by atoms with van der Waals surface area (Å²) >= 11 is 0. The van der Waals surface area contributed by atoms with E-state index < -0.39 is 10.1 Å². The molecule has 0 bridgehead atoms. The first-order valence-electron chi connectivity index (χ1n) is 6.82. The summed E-state index contributed by atoms with van der Waals surface area (Å²) in [4.78, 5) is 0.0953. The summed E-state index contributed by atoms with van der Waals surface area (Å²) in [5.74, 6) is 1.13. The Morgan fingerprint density at radius 1 is 1.00 bits per heavy atom. The maximum atomic E-state index is 12.2. The van der Waals surface area contributed by atoms with Gasteiger partial charge < -0.3 is 9.47 Å². The highest BCUT2D eigenvalue weighted by molar-refractivity contribution is 7.86. The van der Waals surface area contributed by atoms with E-state index in [0.717, 1.165) is 5.56 Å². The average Bonchev–Trinajstić information content (AvgIpc) is 2.59. The molecule has 0 aliphatic rings. The van der Waals surface area contributed by atoms with Crippen molar-refractivity contribution in [3.8, 4) is 11.5 Å². The van der Waals surface area contributed by atoms with Crippen LogP contribution < -0.4 is 9.47 Å². The molecule has 0 radical (unpaired) electrons. The van der Waals surface area contributed by atoms with Gasteiger partial charge in [0.15, 0.2) is 0 Å². The third kappa shape index (κ3) is 4.34. The first-order chi connectivity index (χ1) is 11.0. The maximum Gasteiger partial charge on any atom is 0.297 e. The van der Waals surface area contributed by atoms with Gasteiger partial charge in [0, 0.05) is 6.07 Å². The Balaban J connectivity index is 2.16. The van der Waals surface area contributed by atoms with E-state index in [9.17, 15) is 8.42 Å². The lowest BCUT2D eigenvalue weighted by atomic mass is 10.2. The van der Waals surface area contributed by atoms with Gasteiger partial charge in [-0.05, 0) is 35.4 Å². The fraction of sp³-hybridized carbons (Fsp3) is 0.176. The summed E-state index contributed by atoms with van der Waals surface area (Å²) in [6.07, 6.45) is 1.64. The zero-order valence-electron chi connectivity index (χ0n) is 13.0. The summed E-state index contributed by atoms with van der Waals surface area (Å²) < 4.78 is 39.8. The first-order valence-corrected chi connectivity index (χ1v) is 8.23. The lowest BCUT2D eigenvalue weighted by Crippen LogP contribution is -2.06. The molecule has 0 aliphatic carbocycles. The van der Waals surface area contributed by atoms with Crippen molar-refractivity contribution in [2.75, 3.05) is 14.2 Å². The average molecular weight is 334 g/mol. The number of rotatable bonds is 7. The molecule has 0 heterocycles. The Morgan fingerprint density at radius 3 is 2.04 bits per heavy atom. The second kappa shape index (κ2) is 7.30. The standard InChI is InChI=1S/C17H18O5S/c1-4-13-5-7-17(8-6-13)23(18,19)22-12-14-9-15(20-2)11-16(10-14)21-3/h4-11H,1,12H2,2-3H3. The number of hydrogen-bond acceptors (Lipinski definition) is 5. The van der Waals surface area contributed by atoms with Crippen LogP contribution >= 0.6 is 0 Å². The van der Waals surface area contributed by atoms with Gasteiger partial charge in [0.1, 0.15) is 11.5 Å². The van der Waals surface area contributed by atoms with Crippen molar-refractivity contribution in [2.24, 2.45) is 0 Å². The molecule has 0 atom stereocenters. The maximum absolute atomic E-state index is 12.2. The molecule has 5 nitrogen and oxygen atoms in total. The highest BCUT2D eigenvalue weighted by Crippen LogP contribution is 2.24. The molecular weight excluding hydrogens is 316 g/mol. The van der Waals surface area contributed by atoms with E-state index in [-0.39, 0.29) is 11.5 Å². The van der Waals surface area contributed by atoms with Crippen LogP contribution in [0.25, 0.3) is 6.08 Å². The van der Waals surface area contributed by atoms with E-state index in [0.29, 0.717) is 17.1 Å². The Labute approximate surface area is 136 Å². The van der Waals surface area contributed by atoms with E-state index in [2.05, 4.69) is 6.58 Å². The summed E-state index contributed by atoms with van der Waals surface area (Å²) in [6.45, 7) is 3.51. The molecule has 0 N–H and O–H groups in total. The summed E-state index contributed by atoms with van der Waals surface area (Å²) in [6, 6.07) is 11.4. The predicted molar refractivity (Wildman–Crippen MR) is 88.1 cm³/mol. The van der Waals surface area contributed by atoms with Crippen molar-refractivity contribution in [3.05, 3.63) is 60.2 Å². The Kier molecular flexibility index (Phi) is 5.41. The van der Waals surface area contributed by atoms with Crippen molar-refractivity contribution < 1.29 is 22.1 Å². The van der Waals surface area contributed by atoms with E-state index >= 15 is 0 Å². The topological polar surface area (TPSA) is 61.8 Å². The van der Waals surface area contributed by atoms with Gasteiger partial charge in [0.05, 0.1) is 25.7 Å². The number of benzene rings is 2. The van der Waals surface area contributed by atoms with Crippen molar-refractivity contribution in [3.63, 3.8) is 0 Å². The minimum Gasteiger partial charge on any atom is -0.497 e. The van der Waals surface area contributed by atoms with Gasteiger partial charge in [0.2, 0.25) is 0 Å². The SMILES string of the molecule is C=Cc1ccc(S(=O)(=O)OCc2cc(OC)cc(OC)c2)cc1. The molecule has 0 fully saturated rings. The summed E-state index contributed by atoms with van der Waals surface area (Å²) in [5.41, 5.74) is 1.47. The second-order valence-electron chi connectivity index (χ2n) is 4.71. The van der Waals surface area contributed by atoms with Crippen LogP contribution in [0.2, 0.25) is 0 Å². The molecular formula is C17H18O5S. The third-order valence-corrected chi connectivity index (χ3v) is 4.47. The third-order valence-electron chi connectivity index (χ3n) is 3.20. The van der Waals surface area contributed by atoms with Crippen LogP contribution in [-0.2, 0) is 20.9 Å². The molecule has 23 heavy (non-hydrogen) atoms. The molecule has 0 amide bonds. The minimum absolute atomic E-state index is 0.0953. The van der Waals surface area contributed by atoms with Gasteiger partial charge in [-0.1, -0.05) is 24.8 Å². The van der Waals surface area contributed by atoms with Crippen LogP contribution in [0, 0.1) is 0 Å². The molecule has 0 aliphatic heterocycles. The minimum atomic E-state index is -3.84. The predicted octanol–water partition coefficient (Wildman–Crippen LogP) is 3.25. The number of methoxy groups -OCH3 is 2. The van der Waals surface area contributed by atoms with E-state index in [1.165, 1.54) is 26.4 Å². The quantitative estimate of drug-likeness (QED) is 0.727. The van der Waals surface area contributed by atoms with Crippen LogP contribution in [0.15, 0.2) is 53.9 Å². The molecule has 0 saturated carbocycles. The summed E-state index contributed by atoms with van der Waals surface area (Å²) in [5, 5.41) is 0. The summed E-state index contributed by atoms with van der Waals surface area (Å²) in [7, 11) is -0.788. The fourth-order valence-electron chi connectivity index (χ4n) is 1.93. The van der Waals surface area contributed by atoms with Gasteiger partial charge in [-0.3, -0.25) is 4.18 Å². The fourth-order valence-corrected chi connectivity index (χ4v) is 2.83. The molecule has 2 aromatic rings. The van der Waals surface area contributed by atoms with Gasteiger partial charge in [-0.2, -0.15) is 8.42 Å². The Hall–Kier alpha value is -2.31. The van der Waals surface area contributed by atoms with Crippen LogP contribution in [0.3, 0.4) is 0 Å². The lowest BCUT2D eigenvalue weighted by Gasteiger charge is -2.09. The number of ether oxygens (including phenoxy) is 2. The lowest BCUT2D eigenvalue weighted by molar-refractivity contribution is 0.305. The highest BCUT2D eigenvalue weighted by Gasteiger charge is 2.15. The van der Waals surface area contributed by atoms with Crippen molar-refractivity contribution in [1.29, 1.82) is 0 Å². The molecule has 0 unspecified atom stereocenters. The largest absolute Gasteiger partial charge is 0.497 e. The molecule has 2 rings (SSSR count). The van der Waals surface area contributed by atoms with Crippen LogP contribution in [0.5, 0.6) is 11.5 Å².